The lowest BCUT2D eigenvalue weighted by Gasteiger charge is -2.29. The van der Waals surface area contributed by atoms with Crippen LogP contribution in [-0.4, -0.2) is 72.5 Å². The molecule has 2 aliphatic heterocycles. The second kappa shape index (κ2) is 11.1. The zero-order valence-electron chi connectivity index (χ0n) is 19.6. The number of hydrogen-bond donors (Lipinski definition) is 2. The average Bonchev–Trinajstić information content (AvgIpc) is 2.88. The molecule has 0 atom stereocenters. The zero-order chi connectivity index (χ0) is 24.0. The third-order valence-electron chi connectivity index (χ3n) is 6.26. The number of H-pyrrole nitrogens is 1. The maximum Gasteiger partial charge on any atom is 0.253 e. The van der Waals surface area contributed by atoms with Crippen molar-refractivity contribution in [1.29, 1.82) is 0 Å². The number of nitrogens with zero attached hydrogens (tertiary/aromatic N) is 2. The monoisotopic (exact) mass is 494 g/mol. The summed E-state index contributed by atoms with van der Waals surface area (Å²) in [5.41, 5.74) is 2.17. The van der Waals surface area contributed by atoms with Crippen LogP contribution in [0.5, 0.6) is 11.5 Å². The number of nitrogens with one attached hydrogen (secondary N) is 2. The highest BCUT2D eigenvalue weighted by atomic mass is 32.1. The van der Waals surface area contributed by atoms with Gasteiger partial charge in [-0.25, -0.2) is 0 Å². The molecule has 0 aliphatic carbocycles. The molecule has 35 heavy (non-hydrogen) atoms. The highest BCUT2D eigenvalue weighted by Crippen LogP contribution is 2.33. The topological polar surface area (TPSA) is 79.1 Å². The fraction of sp³-hybridized carbons (Fsp3) is 0.385. The molecular weight excluding hydrogens is 464 g/mol. The Balaban J connectivity index is 1.35. The first-order chi connectivity index (χ1) is 17.2. The van der Waals surface area contributed by atoms with Gasteiger partial charge in [0.25, 0.3) is 5.56 Å². The molecule has 5 rings (SSSR count). The third-order valence-corrected chi connectivity index (χ3v) is 6.62. The summed E-state index contributed by atoms with van der Waals surface area (Å²) in [7, 11) is 0. The molecule has 1 fully saturated rings. The number of aromatic amines is 1. The van der Waals surface area contributed by atoms with Crippen LogP contribution in [0.1, 0.15) is 12.0 Å². The van der Waals surface area contributed by atoms with Crippen molar-refractivity contribution in [3.8, 4) is 11.5 Å². The summed E-state index contributed by atoms with van der Waals surface area (Å²) < 4.78 is 16.8. The summed E-state index contributed by atoms with van der Waals surface area (Å²) in [4.78, 5) is 20.5. The van der Waals surface area contributed by atoms with E-state index >= 15 is 0 Å². The van der Waals surface area contributed by atoms with Crippen molar-refractivity contribution in [2.45, 2.75) is 13.0 Å². The van der Waals surface area contributed by atoms with Crippen LogP contribution in [0.2, 0.25) is 0 Å². The first-order valence-corrected chi connectivity index (χ1v) is 12.4. The van der Waals surface area contributed by atoms with Gasteiger partial charge in [0, 0.05) is 48.9 Å². The van der Waals surface area contributed by atoms with E-state index < -0.39 is 0 Å². The van der Waals surface area contributed by atoms with Gasteiger partial charge >= 0.3 is 0 Å². The highest BCUT2D eigenvalue weighted by molar-refractivity contribution is 7.80. The predicted octanol–water partition coefficient (Wildman–Crippen LogP) is 3.22. The van der Waals surface area contributed by atoms with Crippen molar-refractivity contribution in [3.05, 3.63) is 64.4 Å². The van der Waals surface area contributed by atoms with Crippen LogP contribution in [0, 0.1) is 0 Å². The lowest BCUT2D eigenvalue weighted by atomic mass is 10.1. The molecule has 1 aromatic heterocycles. The number of pyridine rings is 1. The molecule has 0 amide bonds. The first-order valence-electron chi connectivity index (χ1n) is 12.0. The molecule has 9 heteroatoms. The quantitative estimate of drug-likeness (QED) is 0.485. The molecule has 3 heterocycles. The van der Waals surface area contributed by atoms with Crippen LogP contribution < -0.4 is 20.3 Å². The average molecular weight is 495 g/mol. The van der Waals surface area contributed by atoms with E-state index in [2.05, 4.69) is 20.1 Å². The normalized spacial score (nSPS) is 15.7. The lowest BCUT2D eigenvalue weighted by molar-refractivity contribution is 0.0367. The van der Waals surface area contributed by atoms with Gasteiger partial charge in [-0.05, 0) is 42.9 Å². The van der Waals surface area contributed by atoms with Gasteiger partial charge in [0.2, 0.25) is 0 Å². The Bertz CT molecular complexity index is 1230. The number of hydrogen-bond acceptors (Lipinski definition) is 6. The Labute approximate surface area is 209 Å². The number of thiocarbonyl (C=S) groups is 1. The number of anilines is 1. The van der Waals surface area contributed by atoms with E-state index in [4.69, 9.17) is 26.4 Å². The van der Waals surface area contributed by atoms with Crippen molar-refractivity contribution >= 4 is 33.9 Å². The maximum atomic E-state index is 13.0. The molecule has 0 bridgehead atoms. The number of para-hydroxylation sites is 1. The summed E-state index contributed by atoms with van der Waals surface area (Å²) >= 11 is 5.78. The van der Waals surface area contributed by atoms with E-state index in [1.807, 2.05) is 48.5 Å². The minimum atomic E-state index is -0.130. The van der Waals surface area contributed by atoms with Crippen molar-refractivity contribution in [2.24, 2.45) is 0 Å². The molecular formula is C26H30N4O4S. The van der Waals surface area contributed by atoms with E-state index in [1.165, 1.54) is 0 Å². The number of fused-ring (bicyclic) bond motifs is 2. The number of benzene rings is 2. The summed E-state index contributed by atoms with van der Waals surface area (Å²) in [5.74, 6) is 1.36. The second-order valence-corrected chi connectivity index (χ2v) is 9.12. The molecule has 184 valence electrons. The molecule has 2 N–H and O–H groups in total. The van der Waals surface area contributed by atoms with Gasteiger partial charge in [-0.15, -0.1) is 0 Å². The number of ether oxygens (including phenoxy) is 3. The molecule has 2 aromatic carbocycles. The minimum absolute atomic E-state index is 0.130. The standard InChI is InChI=1S/C26H30N4O4S/c31-25-20(15-19-16-23-24(17-22(19)28-25)34-14-13-33-23)18-30(8-4-7-29-9-11-32-12-10-29)26(35)27-21-5-2-1-3-6-21/h1-3,5-6,15-17H,4,7-14,18H2,(H,27,35)(H,28,31). The summed E-state index contributed by atoms with van der Waals surface area (Å²) in [6, 6.07) is 15.5. The Morgan fingerprint density at radius 2 is 1.77 bits per heavy atom. The minimum Gasteiger partial charge on any atom is -0.486 e. The van der Waals surface area contributed by atoms with Gasteiger partial charge in [-0.3, -0.25) is 9.69 Å². The van der Waals surface area contributed by atoms with Crippen LogP contribution in [0.15, 0.2) is 53.3 Å². The molecule has 0 radical (unpaired) electrons. The maximum absolute atomic E-state index is 13.0. The number of aromatic nitrogens is 1. The molecule has 3 aromatic rings. The van der Waals surface area contributed by atoms with Crippen molar-refractivity contribution in [3.63, 3.8) is 0 Å². The SMILES string of the molecule is O=c1[nH]c2cc3c(cc2cc1CN(CCCN1CCOCC1)C(=S)Nc1ccccc1)OCCO3. The molecule has 2 aliphatic rings. The van der Waals surface area contributed by atoms with Gasteiger partial charge in [0.1, 0.15) is 13.2 Å². The molecule has 1 saturated heterocycles. The van der Waals surface area contributed by atoms with Crippen LogP contribution >= 0.6 is 12.2 Å². The smallest absolute Gasteiger partial charge is 0.253 e. The van der Waals surface area contributed by atoms with Crippen LogP contribution in [-0.2, 0) is 11.3 Å². The van der Waals surface area contributed by atoms with Crippen LogP contribution in [0.3, 0.4) is 0 Å². The molecule has 0 saturated carbocycles. The van der Waals surface area contributed by atoms with E-state index in [1.54, 1.807) is 0 Å². The van der Waals surface area contributed by atoms with E-state index in [9.17, 15) is 4.79 Å². The first kappa shape index (κ1) is 23.6. The van der Waals surface area contributed by atoms with E-state index in [0.717, 1.165) is 62.4 Å². The highest BCUT2D eigenvalue weighted by Gasteiger charge is 2.18. The zero-order valence-corrected chi connectivity index (χ0v) is 20.4. The van der Waals surface area contributed by atoms with Crippen LogP contribution in [0.25, 0.3) is 10.9 Å². The fourth-order valence-electron chi connectivity index (χ4n) is 4.40. The lowest BCUT2D eigenvalue weighted by Crippen LogP contribution is -2.40. The van der Waals surface area contributed by atoms with Gasteiger partial charge in [0.05, 0.1) is 25.3 Å². The Hall–Kier alpha value is -3.14. The summed E-state index contributed by atoms with van der Waals surface area (Å²) in [5, 5.41) is 4.82. The van der Waals surface area contributed by atoms with Gasteiger partial charge in [-0.1, -0.05) is 18.2 Å². The third kappa shape index (κ3) is 5.93. The summed E-state index contributed by atoms with van der Waals surface area (Å²) in [6.45, 7) is 6.59. The largest absolute Gasteiger partial charge is 0.486 e. The van der Waals surface area contributed by atoms with E-state index in [-0.39, 0.29) is 5.56 Å². The van der Waals surface area contributed by atoms with Crippen molar-refractivity contribution < 1.29 is 14.2 Å². The van der Waals surface area contributed by atoms with Gasteiger partial charge in [0.15, 0.2) is 16.6 Å². The van der Waals surface area contributed by atoms with Crippen LogP contribution in [0.4, 0.5) is 5.69 Å². The predicted molar refractivity (Wildman–Crippen MR) is 141 cm³/mol. The summed E-state index contributed by atoms with van der Waals surface area (Å²) in [6.07, 6.45) is 0.931. The molecule has 0 unspecified atom stereocenters. The van der Waals surface area contributed by atoms with Gasteiger partial charge in [-0.2, -0.15) is 0 Å². The Morgan fingerprint density at radius 3 is 2.54 bits per heavy atom. The molecule has 0 spiro atoms. The Morgan fingerprint density at radius 1 is 1.03 bits per heavy atom. The van der Waals surface area contributed by atoms with Gasteiger partial charge < -0.3 is 29.4 Å². The number of rotatable bonds is 7. The van der Waals surface area contributed by atoms with Crippen molar-refractivity contribution in [2.75, 3.05) is 57.9 Å². The Kier molecular flexibility index (Phi) is 7.46. The second-order valence-electron chi connectivity index (χ2n) is 8.73. The number of morpholine rings is 1. The van der Waals surface area contributed by atoms with E-state index in [0.29, 0.717) is 41.9 Å². The fourth-order valence-corrected chi connectivity index (χ4v) is 4.67. The van der Waals surface area contributed by atoms with Crippen molar-refractivity contribution in [1.82, 2.24) is 14.8 Å². The molecule has 8 nitrogen and oxygen atoms in total.